The van der Waals surface area contributed by atoms with Crippen LogP contribution in [0.1, 0.15) is 6.42 Å². The molecule has 1 atom stereocenters. The predicted molar refractivity (Wildman–Crippen MR) is 74.9 cm³/mol. The van der Waals surface area contributed by atoms with Crippen molar-refractivity contribution >= 4 is 44.5 Å². The highest BCUT2D eigenvalue weighted by molar-refractivity contribution is 7.22. The summed E-state index contributed by atoms with van der Waals surface area (Å²) in [5.74, 6) is -1.24. The van der Waals surface area contributed by atoms with Crippen LogP contribution in [0.2, 0.25) is 0 Å². The number of aromatic nitrogens is 1. The zero-order valence-corrected chi connectivity index (χ0v) is 11.0. The van der Waals surface area contributed by atoms with Gasteiger partial charge in [-0.3, -0.25) is 14.9 Å². The van der Waals surface area contributed by atoms with E-state index in [1.165, 1.54) is 11.3 Å². The molecule has 0 saturated carbocycles. The second kappa shape index (κ2) is 4.89. The molecule has 0 aliphatic carbocycles. The third-order valence-electron chi connectivity index (χ3n) is 2.72. The van der Waals surface area contributed by atoms with E-state index in [0.29, 0.717) is 5.13 Å². The molecule has 2 aromatic rings. The molecule has 0 fully saturated rings. The van der Waals surface area contributed by atoms with E-state index in [1.54, 1.807) is 0 Å². The number of carbonyl (C=O) groups excluding carboxylic acids is 1. The minimum atomic E-state index is -1.06. The fraction of sp³-hybridized carbons (Fsp3) is 0.167. The Morgan fingerprint density at radius 2 is 2.25 bits per heavy atom. The summed E-state index contributed by atoms with van der Waals surface area (Å²) in [6.45, 7) is 0. The van der Waals surface area contributed by atoms with Crippen LogP contribution in [0.15, 0.2) is 29.3 Å². The summed E-state index contributed by atoms with van der Waals surface area (Å²) in [6.07, 6.45) is -0.323. The average molecular weight is 290 g/mol. The number of para-hydroxylation sites is 1. The van der Waals surface area contributed by atoms with Crippen molar-refractivity contribution in [2.24, 2.45) is 4.99 Å². The highest BCUT2D eigenvalue weighted by Crippen LogP contribution is 2.25. The smallest absolute Gasteiger partial charge is 0.306 e. The first kappa shape index (κ1) is 12.5. The van der Waals surface area contributed by atoms with Crippen LogP contribution in [-0.4, -0.2) is 34.0 Å². The number of aliphatic imine (C=N–C) groups is 1. The van der Waals surface area contributed by atoms with Crippen molar-refractivity contribution in [2.75, 3.05) is 5.32 Å². The van der Waals surface area contributed by atoms with Gasteiger partial charge in [0, 0.05) is 0 Å². The van der Waals surface area contributed by atoms with Gasteiger partial charge in [0.2, 0.25) is 5.96 Å². The van der Waals surface area contributed by atoms with Gasteiger partial charge in [-0.15, -0.1) is 0 Å². The molecule has 1 aliphatic rings. The Morgan fingerprint density at radius 3 is 3.00 bits per heavy atom. The highest BCUT2D eigenvalue weighted by Gasteiger charge is 2.28. The molecule has 8 heteroatoms. The average Bonchev–Trinajstić information content (AvgIpc) is 2.92. The van der Waals surface area contributed by atoms with Crippen molar-refractivity contribution in [3.05, 3.63) is 24.3 Å². The molecule has 102 valence electrons. The van der Waals surface area contributed by atoms with Crippen LogP contribution in [0.3, 0.4) is 0 Å². The first-order chi connectivity index (χ1) is 9.61. The lowest BCUT2D eigenvalue weighted by Gasteiger charge is -1.99. The number of fused-ring (bicyclic) bond motifs is 1. The monoisotopic (exact) mass is 290 g/mol. The number of carboxylic acids is 1. The summed E-state index contributed by atoms with van der Waals surface area (Å²) in [4.78, 5) is 30.5. The van der Waals surface area contributed by atoms with Crippen LogP contribution >= 0.6 is 11.3 Å². The normalized spacial score (nSPS) is 17.9. The summed E-state index contributed by atoms with van der Waals surface area (Å²) in [6, 6.07) is 6.76. The van der Waals surface area contributed by atoms with Crippen molar-refractivity contribution in [2.45, 2.75) is 12.5 Å². The van der Waals surface area contributed by atoms with Gasteiger partial charge >= 0.3 is 5.97 Å². The number of hydrogen-bond donors (Lipinski definition) is 3. The molecule has 0 spiro atoms. The van der Waals surface area contributed by atoms with E-state index in [-0.39, 0.29) is 12.4 Å². The first-order valence-corrected chi connectivity index (χ1v) is 6.66. The van der Waals surface area contributed by atoms with Gasteiger partial charge in [0.1, 0.15) is 6.04 Å². The summed E-state index contributed by atoms with van der Waals surface area (Å²) < 4.78 is 1.02. The van der Waals surface area contributed by atoms with E-state index in [4.69, 9.17) is 5.11 Å². The van der Waals surface area contributed by atoms with Crippen molar-refractivity contribution in [1.29, 1.82) is 0 Å². The Bertz CT molecular complexity index is 691. The van der Waals surface area contributed by atoms with E-state index in [9.17, 15) is 9.59 Å². The van der Waals surface area contributed by atoms with Gasteiger partial charge < -0.3 is 10.4 Å². The Labute approximate surface area is 117 Å². The molecule has 0 radical (unpaired) electrons. The molecule has 1 aromatic heterocycles. The molecule has 2 heterocycles. The third kappa shape index (κ3) is 2.45. The number of nitrogens with zero attached hydrogens (tertiary/aromatic N) is 2. The van der Waals surface area contributed by atoms with Gasteiger partial charge in [-0.1, -0.05) is 23.5 Å². The number of benzene rings is 1. The maximum absolute atomic E-state index is 11.5. The number of anilines is 1. The molecule has 1 aromatic carbocycles. The Hall–Kier alpha value is -2.48. The Morgan fingerprint density at radius 1 is 1.45 bits per heavy atom. The lowest BCUT2D eigenvalue weighted by atomic mass is 10.2. The second-order valence-corrected chi connectivity index (χ2v) is 5.22. The topological polar surface area (TPSA) is 104 Å². The number of nitrogens with one attached hydrogen (secondary N) is 2. The standard InChI is InChI=1S/C12H10N4O3S/c17-9(18)5-7-10(19)15-11(13-7)16-12-14-6-3-1-2-4-8(6)20-12/h1-4,7H,5H2,(H,17,18)(H2,13,14,15,16,19)/t7-/m1/s1. The summed E-state index contributed by atoms with van der Waals surface area (Å²) in [5.41, 5.74) is 0.854. The molecular weight excluding hydrogens is 280 g/mol. The number of aliphatic carboxylic acids is 1. The molecule has 0 unspecified atom stereocenters. The number of amides is 1. The van der Waals surface area contributed by atoms with Gasteiger partial charge in [-0.2, -0.15) is 0 Å². The van der Waals surface area contributed by atoms with Crippen molar-refractivity contribution in [3.63, 3.8) is 0 Å². The molecule has 3 rings (SSSR count). The Balaban J connectivity index is 1.77. The number of carbonyl (C=O) groups is 2. The summed E-state index contributed by atoms with van der Waals surface area (Å²) in [5, 5.41) is 14.7. The van der Waals surface area contributed by atoms with E-state index in [0.717, 1.165) is 10.2 Å². The van der Waals surface area contributed by atoms with E-state index >= 15 is 0 Å². The molecule has 0 saturated heterocycles. The zero-order valence-electron chi connectivity index (χ0n) is 10.2. The van der Waals surface area contributed by atoms with Crippen LogP contribution in [-0.2, 0) is 9.59 Å². The van der Waals surface area contributed by atoms with E-state index in [1.807, 2.05) is 24.3 Å². The lowest BCUT2D eigenvalue weighted by molar-refractivity contribution is -0.139. The molecule has 1 aliphatic heterocycles. The van der Waals surface area contributed by atoms with E-state index in [2.05, 4.69) is 20.6 Å². The quantitative estimate of drug-likeness (QED) is 0.783. The largest absolute Gasteiger partial charge is 0.481 e. The molecular formula is C12H10N4O3S. The van der Waals surface area contributed by atoms with Gasteiger partial charge in [-0.25, -0.2) is 9.98 Å². The highest BCUT2D eigenvalue weighted by atomic mass is 32.1. The van der Waals surface area contributed by atoms with Crippen LogP contribution in [0.4, 0.5) is 5.13 Å². The number of guanidine groups is 1. The Kier molecular flexibility index (Phi) is 3.07. The number of thiazole rings is 1. The first-order valence-electron chi connectivity index (χ1n) is 5.85. The van der Waals surface area contributed by atoms with Crippen LogP contribution in [0.5, 0.6) is 0 Å². The van der Waals surface area contributed by atoms with Crippen molar-refractivity contribution in [3.8, 4) is 0 Å². The van der Waals surface area contributed by atoms with Gasteiger partial charge in [0.05, 0.1) is 16.6 Å². The lowest BCUT2D eigenvalue weighted by Crippen LogP contribution is -2.33. The second-order valence-electron chi connectivity index (χ2n) is 4.19. The summed E-state index contributed by atoms with van der Waals surface area (Å²) >= 11 is 1.43. The molecule has 20 heavy (non-hydrogen) atoms. The number of carboxylic acid groups (broad SMARTS) is 1. The number of rotatable bonds is 3. The predicted octanol–water partition coefficient (Wildman–Crippen LogP) is 1.04. The fourth-order valence-corrected chi connectivity index (χ4v) is 2.71. The van der Waals surface area contributed by atoms with Crippen molar-refractivity contribution in [1.82, 2.24) is 10.3 Å². The van der Waals surface area contributed by atoms with Crippen LogP contribution in [0.25, 0.3) is 10.2 Å². The van der Waals surface area contributed by atoms with Crippen molar-refractivity contribution < 1.29 is 14.7 Å². The minimum Gasteiger partial charge on any atom is -0.481 e. The summed E-state index contributed by atoms with van der Waals surface area (Å²) in [7, 11) is 0. The maximum Gasteiger partial charge on any atom is 0.306 e. The minimum absolute atomic E-state index is 0.236. The zero-order chi connectivity index (χ0) is 14.1. The third-order valence-corrected chi connectivity index (χ3v) is 3.67. The molecule has 7 nitrogen and oxygen atoms in total. The number of hydrogen-bond acceptors (Lipinski definition) is 6. The molecule has 3 N–H and O–H groups in total. The van der Waals surface area contributed by atoms with Gasteiger partial charge in [0.15, 0.2) is 5.13 Å². The van der Waals surface area contributed by atoms with Crippen LogP contribution < -0.4 is 10.6 Å². The van der Waals surface area contributed by atoms with Crippen LogP contribution in [0, 0.1) is 0 Å². The SMILES string of the molecule is O=C(O)C[C@H]1N=C(Nc2nc3ccccc3s2)NC1=O. The molecule has 1 amide bonds. The fourth-order valence-electron chi connectivity index (χ4n) is 1.84. The van der Waals surface area contributed by atoms with E-state index < -0.39 is 17.9 Å². The maximum atomic E-state index is 11.5. The molecule has 0 bridgehead atoms. The van der Waals surface area contributed by atoms with Gasteiger partial charge in [0.25, 0.3) is 5.91 Å². The van der Waals surface area contributed by atoms with Gasteiger partial charge in [-0.05, 0) is 12.1 Å².